The lowest BCUT2D eigenvalue weighted by Crippen LogP contribution is -2.28. The first kappa shape index (κ1) is 32.9. The van der Waals surface area contributed by atoms with Crippen LogP contribution in [0.3, 0.4) is 0 Å². The van der Waals surface area contributed by atoms with Crippen LogP contribution in [-0.2, 0) is 28.4 Å². The Morgan fingerprint density at radius 1 is 1.00 bits per heavy atom. The molecule has 2 amide bonds. The third-order valence-electron chi connectivity index (χ3n) is 7.60. The molecule has 14 heteroatoms. The molecule has 0 bridgehead atoms. The maximum atomic E-state index is 13.6. The van der Waals surface area contributed by atoms with Gasteiger partial charge >= 0.3 is 0 Å². The highest BCUT2D eigenvalue weighted by Gasteiger charge is 2.33. The van der Waals surface area contributed by atoms with Gasteiger partial charge < -0.3 is 14.6 Å². The fourth-order valence-corrected chi connectivity index (χ4v) is 6.50. The number of thioether (sulfide) groups is 1. The normalized spacial score (nSPS) is 14.8. The van der Waals surface area contributed by atoms with Gasteiger partial charge in [-0.15, -0.1) is 10.2 Å². The minimum Gasteiger partial charge on any atom is -0.497 e. The van der Waals surface area contributed by atoms with Crippen molar-refractivity contribution in [1.82, 2.24) is 29.4 Å². The fourth-order valence-electron chi connectivity index (χ4n) is 4.81. The number of methoxy groups -OCH3 is 1. The SMILES string of the molecule is COc1ccc(C2=NN(C(=O)CSc3nnc(CNC(=O)c4ccc(S(=O)(=O)N(C)C)cc4)n3C)[C@@H](c3ccc(C)cc3)C2)cc1. The largest absolute Gasteiger partial charge is 0.497 e. The number of hydrogen-bond acceptors (Lipinski definition) is 9. The Bertz CT molecular complexity index is 1850. The van der Waals surface area contributed by atoms with E-state index in [1.165, 1.54) is 50.1 Å². The lowest BCUT2D eigenvalue weighted by atomic mass is 9.97. The summed E-state index contributed by atoms with van der Waals surface area (Å²) in [7, 11) is 2.68. The maximum Gasteiger partial charge on any atom is 0.253 e. The number of amides is 2. The second kappa shape index (κ2) is 13.8. The minimum absolute atomic E-state index is 0.0856. The number of carbonyl (C=O) groups excluding carboxylic acids is 2. The standard InChI is InChI=1S/C32H35N7O5S2/c1-21-6-8-23(9-7-21)28-18-27(22-10-14-25(44-5)15-11-22)36-39(28)30(40)20-45-32-35-34-29(38(32)4)19-33-31(41)24-12-16-26(17-13-24)46(42,43)37(2)3/h6-17,28H,18-20H2,1-5H3,(H,33,41)/t28-/m1/s1. The number of nitrogens with zero attached hydrogens (tertiary/aromatic N) is 6. The van der Waals surface area contributed by atoms with E-state index in [2.05, 4.69) is 15.5 Å². The second-order valence-electron chi connectivity index (χ2n) is 10.9. The molecule has 1 atom stereocenters. The number of hydrogen-bond donors (Lipinski definition) is 1. The molecule has 0 saturated carbocycles. The predicted molar refractivity (Wildman–Crippen MR) is 175 cm³/mol. The summed E-state index contributed by atoms with van der Waals surface area (Å²) in [6.45, 7) is 2.11. The van der Waals surface area contributed by atoms with Gasteiger partial charge in [-0.3, -0.25) is 9.59 Å². The zero-order valence-electron chi connectivity index (χ0n) is 26.2. The summed E-state index contributed by atoms with van der Waals surface area (Å²) in [4.78, 5) is 26.4. The molecule has 0 saturated heterocycles. The van der Waals surface area contributed by atoms with Gasteiger partial charge in [0, 0.05) is 33.1 Å². The molecule has 1 aliphatic heterocycles. The quantitative estimate of drug-likeness (QED) is 0.240. The third kappa shape index (κ3) is 7.14. The van der Waals surface area contributed by atoms with Crippen molar-refractivity contribution in [3.05, 3.63) is 101 Å². The predicted octanol–water partition coefficient (Wildman–Crippen LogP) is 3.78. The van der Waals surface area contributed by atoms with Gasteiger partial charge in [-0.1, -0.05) is 41.6 Å². The molecule has 1 N–H and O–H groups in total. The van der Waals surface area contributed by atoms with E-state index >= 15 is 0 Å². The number of aromatic nitrogens is 3. The van der Waals surface area contributed by atoms with Gasteiger partial charge in [0.15, 0.2) is 11.0 Å². The smallest absolute Gasteiger partial charge is 0.253 e. The summed E-state index contributed by atoms with van der Waals surface area (Å²) in [5.41, 5.74) is 4.19. The number of ether oxygens (including phenoxy) is 1. The number of rotatable bonds is 11. The van der Waals surface area contributed by atoms with Gasteiger partial charge in [0.1, 0.15) is 5.75 Å². The molecule has 4 aromatic rings. The summed E-state index contributed by atoms with van der Waals surface area (Å²) in [5.74, 6) is 0.770. The minimum atomic E-state index is -3.59. The molecular weight excluding hydrogens is 627 g/mol. The summed E-state index contributed by atoms with van der Waals surface area (Å²) in [6, 6.07) is 21.2. The van der Waals surface area contributed by atoms with E-state index in [0.29, 0.717) is 23.0 Å². The highest BCUT2D eigenvalue weighted by atomic mass is 32.2. The number of hydrazone groups is 1. The first-order valence-corrected chi connectivity index (χ1v) is 16.8. The van der Waals surface area contributed by atoms with Crippen LogP contribution in [0.15, 0.2) is 87.9 Å². The molecule has 12 nitrogen and oxygen atoms in total. The summed E-state index contributed by atoms with van der Waals surface area (Å²) >= 11 is 1.24. The van der Waals surface area contributed by atoms with Crippen molar-refractivity contribution < 1.29 is 22.7 Å². The molecule has 0 radical (unpaired) electrons. The Balaban J connectivity index is 1.23. The van der Waals surface area contributed by atoms with Crippen molar-refractivity contribution >= 4 is 39.3 Å². The lowest BCUT2D eigenvalue weighted by Gasteiger charge is -2.22. The maximum absolute atomic E-state index is 13.6. The highest BCUT2D eigenvalue weighted by molar-refractivity contribution is 7.99. The Morgan fingerprint density at radius 3 is 2.30 bits per heavy atom. The Kier molecular flexibility index (Phi) is 9.89. The van der Waals surface area contributed by atoms with Crippen LogP contribution in [0.25, 0.3) is 0 Å². The molecule has 3 aromatic carbocycles. The van der Waals surface area contributed by atoms with E-state index in [1.54, 1.807) is 23.7 Å². The van der Waals surface area contributed by atoms with Crippen molar-refractivity contribution in [3.8, 4) is 5.75 Å². The van der Waals surface area contributed by atoms with Crippen LogP contribution >= 0.6 is 11.8 Å². The fraction of sp³-hybridized carbons (Fsp3) is 0.281. The summed E-state index contributed by atoms with van der Waals surface area (Å²) < 4.78 is 32.7. The van der Waals surface area contributed by atoms with Crippen molar-refractivity contribution in [2.24, 2.45) is 12.1 Å². The van der Waals surface area contributed by atoms with Gasteiger partial charge in [-0.25, -0.2) is 17.7 Å². The van der Waals surface area contributed by atoms with Gasteiger partial charge in [-0.05, 0) is 66.6 Å². The average molecular weight is 662 g/mol. The molecule has 0 unspecified atom stereocenters. The van der Waals surface area contributed by atoms with Gasteiger partial charge in [0.25, 0.3) is 11.8 Å². The van der Waals surface area contributed by atoms with Crippen molar-refractivity contribution in [1.29, 1.82) is 0 Å². The number of sulfonamides is 1. The van der Waals surface area contributed by atoms with Crippen LogP contribution in [0.5, 0.6) is 5.75 Å². The molecule has 0 fully saturated rings. The van der Waals surface area contributed by atoms with Crippen LogP contribution in [0.4, 0.5) is 0 Å². The van der Waals surface area contributed by atoms with Crippen LogP contribution < -0.4 is 10.1 Å². The van der Waals surface area contributed by atoms with Gasteiger partial charge in [-0.2, -0.15) is 5.10 Å². The average Bonchev–Trinajstić information content (AvgIpc) is 3.66. The monoisotopic (exact) mass is 661 g/mol. The molecule has 240 valence electrons. The first-order chi connectivity index (χ1) is 22.0. The van der Waals surface area contributed by atoms with Crippen molar-refractivity contribution in [3.63, 3.8) is 0 Å². The number of carbonyl (C=O) groups is 2. The molecular formula is C32H35N7O5S2. The topological polar surface area (TPSA) is 139 Å². The van der Waals surface area contributed by atoms with Crippen molar-refractivity contribution in [2.75, 3.05) is 27.0 Å². The third-order valence-corrected chi connectivity index (χ3v) is 10.4. The molecule has 2 heterocycles. The van der Waals surface area contributed by atoms with Gasteiger partial charge in [0.2, 0.25) is 10.0 Å². The zero-order valence-corrected chi connectivity index (χ0v) is 27.8. The zero-order chi connectivity index (χ0) is 33.0. The first-order valence-electron chi connectivity index (χ1n) is 14.4. The summed E-state index contributed by atoms with van der Waals surface area (Å²) in [5, 5.41) is 18.0. The number of nitrogens with one attached hydrogen (secondary N) is 1. The molecule has 46 heavy (non-hydrogen) atoms. The van der Waals surface area contributed by atoms with Crippen molar-refractivity contribution in [2.45, 2.75) is 36.0 Å². The van der Waals surface area contributed by atoms with E-state index in [0.717, 1.165) is 32.5 Å². The highest BCUT2D eigenvalue weighted by Crippen LogP contribution is 2.34. The molecule has 0 aliphatic carbocycles. The van der Waals surface area contributed by atoms with E-state index in [-0.39, 0.29) is 35.0 Å². The molecule has 1 aliphatic rings. The van der Waals surface area contributed by atoms with Crippen LogP contribution in [0.2, 0.25) is 0 Å². The van der Waals surface area contributed by atoms with Gasteiger partial charge in [0.05, 0.1) is 36.1 Å². The number of aryl methyl sites for hydroxylation is 1. The lowest BCUT2D eigenvalue weighted by molar-refractivity contribution is -0.130. The second-order valence-corrected chi connectivity index (χ2v) is 14.0. The van der Waals surface area contributed by atoms with E-state index in [4.69, 9.17) is 9.84 Å². The summed E-state index contributed by atoms with van der Waals surface area (Å²) in [6.07, 6.45) is 0.577. The Morgan fingerprint density at radius 2 is 1.67 bits per heavy atom. The Labute approximate surface area is 272 Å². The van der Waals surface area contributed by atoms with Crippen LogP contribution in [-0.4, -0.2) is 77.0 Å². The Hall–Kier alpha value is -4.53. The van der Waals surface area contributed by atoms with E-state index in [9.17, 15) is 18.0 Å². The molecule has 1 aromatic heterocycles. The van der Waals surface area contributed by atoms with Crippen LogP contribution in [0.1, 0.15) is 45.3 Å². The number of benzene rings is 3. The molecule has 5 rings (SSSR count). The molecule has 0 spiro atoms. The van der Waals surface area contributed by atoms with Crippen LogP contribution in [0, 0.1) is 6.92 Å². The van der Waals surface area contributed by atoms with E-state index in [1.807, 2.05) is 55.5 Å². The van der Waals surface area contributed by atoms with E-state index < -0.39 is 10.0 Å².